The summed E-state index contributed by atoms with van der Waals surface area (Å²) in [6, 6.07) is 0. The molecule has 0 atom stereocenters. The third-order valence-corrected chi connectivity index (χ3v) is 2.53. The molecule has 0 aliphatic rings. The summed E-state index contributed by atoms with van der Waals surface area (Å²) in [5.41, 5.74) is 6.74. The molecule has 2 N–H and O–H groups in total. The first-order valence-electron chi connectivity index (χ1n) is 6.44. The van der Waals surface area contributed by atoms with E-state index in [0.29, 0.717) is 0 Å². The Morgan fingerprint density at radius 3 is 2.44 bits per heavy atom. The first-order valence-corrected chi connectivity index (χ1v) is 6.44. The third-order valence-electron chi connectivity index (χ3n) is 2.53. The molecular weight excluding hydrogens is 198 g/mol. The molecule has 0 aromatic carbocycles. The normalized spacial score (nSPS) is 11.5. The first-order chi connectivity index (χ1) is 7.74. The highest BCUT2D eigenvalue weighted by Gasteiger charge is 1.98. The predicted octanol–water partition coefficient (Wildman–Crippen LogP) is 3.47. The monoisotopic (exact) mass is 225 g/mol. The molecule has 94 valence electrons. The van der Waals surface area contributed by atoms with Crippen molar-refractivity contribution in [2.24, 2.45) is 10.8 Å². The Balaban J connectivity index is 3.74. The van der Waals surface area contributed by atoms with Crippen molar-refractivity contribution in [1.82, 2.24) is 5.01 Å². The van der Waals surface area contributed by atoms with Crippen LogP contribution in [0.5, 0.6) is 0 Å². The Hall–Kier alpha value is -0.990. The van der Waals surface area contributed by atoms with E-state index in [1.165, 1.54) is 25.7 Å². The molecule has 0 saturated carbocycles. The van der Waals surface area contributed by atoms with Crippen LogP contribution >= 0.6 is 0 Å². The molecule has 0 radical (unpaired) electrons. The van der Waals surface area contributed by atoms with E-state index in [9.17, 15) is 0 Å². The van der Waals surface area contributed by atoms with Crippen LogP contribution < -0.4 is 5.73 Å². The molecule has 3 heteroatoms. The Morgan fingerprint density at radius 2 is 1.88 bits per heavy atom. The molecule has 0 aromatic heterocycles. The lowest BCUT2D eigenvalue weighted by atomic mass is 10.1. The van der Waals surface area contributed by atoms with Gasteiger partial charge in [0.1, 0.15) is 0 Å². The molecule has 0 bridgehead atoms. The van der Waals surface area contributed by atoms with Gasteiger partial charge < -0.3 is 5.73 Å². The number of hydrogen-bond acceptors (Lipinski definition) is 3. The van der Waals surface area contributed by atoms with Gasteiger partial charge in [-0.05, 0) is 12.8 Å². The second-order valence-corrected chi connectivity index (χ2v) is 4.17. The van der Waals surface area contributed by atoms with Crippen molar-refractivity contribution in [2.45, 2.75) is 58.8 Å². The summed E-state index contributed by atoms with van der Waals surface area (Å²) >= 11 is 0. The molecule has 0 aromatic rings. The van der Waals surface area contributed by atoms with E-state index in [4.69, 9.17) is 5.73 Å². The fraction of sp³-hybridized carbons (Fsp3) is 0.769. The number of nitrogens with two attached hydrogens (primary N) is 1. The van der Waals surface area contributed by atoms with E-state index in [-0.39, 0.29) is 0 Å². The van der Waals surface area contributed by atoms with Gasteiger partial charge in [0.2, 0.25) is 0 Å². The highest BCUT2D eigenvalue weighted by atomic mass is 15.4. The lowest BCUT2D eigenvalue weighted by molar-refractivity contribution is 0.380. The van der Waals surface area contributed by atoms with E-state index in [1.807, 2.05) is 11.2 Å². The van der Waals surface area contributed by atoms with Crippen molar-refractivity contribution in [3.63, 3.8) is 0 Å². The summed E-state index contributed by atoms with van der Waals surface area (Å²) < 4.78 is 0. The van der Waals surface area contributed by atoms with Crippen molar-refractivity contribution in [3.8, 4) is 0 Å². The summed E-state index contributed by atoms with van der Waals surface area (Å²) in [7, 11) is 0. The van der Waals surface area contributed by atoms with Crippen molar-refractivity contribution < 1.29 is 0 Å². The van der Waals surface area contributed by atoms with Crippen LogP contribution in [-0.4, -0.2) is 18.3 Å². The topological polar surface area (TPSA) is 41.6 Å². The van der Waals surface area contributed by atoms with Gasteiger partial charge >= 0.3 is 0 Å². The number of hydrazone groups is 1. The van der Waals surface area contributed by atoms with Gasteiger partial charge in [0.05, 0.1) is 0 Å². The van der Waals surface area contributed by atoms with Gasteiger partial charge in [0.15, 0.2) is 0 Å². The van der Waals surface area contributed by atoms with Gasteiger partial charge in [-0.3, -0.25) is 5.01 Å². The maximum Gasteiger partial charge on any atom is 0.0419 e. The molecule has 0 aliphatic heterocycles. The lowest BCUT2D eigenvalue weighted by Gasteiger charge is -2.14. The van der Waals surface area contributed by atoms with Gasteiger partial charge in [0.25, 0.3) is 0 Å². The molecule has 0 fully saturated rings. The molecule has 0 rings (SSSR count). The highest BCUT2D eigenvalue weighted by molar-refractivity contribution is 5.23. The van der Waals surface area contributed by atoms with E-state index in [2.05, 4.69) is 25.7 Å². The predicted molar refractivity (Wildman–Crippen MR) is 72.2 cm³/mol. The van der Waals surface area contributed by atoms with Crippen molar-refractivity contribution in [3.05, 3.63) is 11.9 Å². The summed E-state index contributed by atoms with van der Waals surface area (Å²) in [5, 5.41) is 5.81. The average molecular weight is 225 g/mol. The molecule has 0 heterocycles. The SMILES string of the molecule is C=NN(/C=C(\N)CCC)CCCCCCC. The molecule has 3 nitrogen and oxygen atoms in total. The standard InChI is InChI=1S/C13H27N3/c1-4-6-7-8-9-11-16(15-3)12-13(14)10-5-2/h12H,3-11,14H2,1-2H3/b13-12-. The zero-order valence-electron chi connectivity index (χ0n) is 10.9. The van der Waals surface area contributed by atoms with Gasteiger partial charge in [-0.1, -0.05) is 46.0 Å². The molecular formula is C13H27N3. The zero-order valence-corrected chi connectivity index (χ0v) is 10.9. The Labute approximate surface area is 100 Å². The van der Waals surface area contributed by atoms with E-state index < -0.39 is 0 Å². The quantitative estimate of drug-likeness (QED) is 0.351. The minimum atomic E-state index is 0.892. The first kappa shape index (κ1) is 15.0. The maximum absolute atomic E-state index is 5.84. The van der Waals surface area contributed by atoms with Gasteiger partial charge in [-0.15, -0.1) is 0 Å². The molecule has 0 aliphatic carbocycles. The van der Waals surface area contributed by atoms with E-state index in [0.717, 1.165) is 31.5 Å². The molecule has 16 heavy (non-hydrogen) atoms. The number of unbranched alkanes of at least 4 members (excludes halogenated alkanes) is 4. The van der Waals surface area contributed by atoms with Crippen molar-refractivity contribution in [2.75, 3.05) is 6.54 Å². The average Bonchev–Trinajstić information content (AvgIpc) is 2.27. The number of hydrogen-bond donors (Lipinski definition) is 1. The molecule has 0 spiro atoms. The lowest BCUT2D eigenvalue weighted by Crippen LogP contribution is -2.14. The molecule has 0 unspecified atom stereocenters. The van der Waals surface area contributed by atoms with Gasteiger partial charge in [-0.2, -0.15) is 5.10 Å². The van der Waals surface area contributed by atoms with Crippen LogP contribution in [0.25, 0.3) is 0 Å². The Morgan fingerprint density at radius 1 is 1.19 bits per heavy atom. The maximum atomic E-state index is 5.84. The number of nitrogens with zero attached hydrogens (tertiary/aromatic N) is 2. The zero-order chi connectivity index (χ0) is 12.2. The van der Waals surface area contributed by atoms with Crippen LogP contribution in [0.2, 0.25) is 0 Å². The smallest absolute Gasteiger partial charge is 0.0419 e. The molecule has 0 saturated heterocycles. The van der Waals surface area contributed by atoms with Gasteiger partial charge in [0, 0.05) is 25.2 Å². The van der Waals surface area contributed by atoms with Crippen LogP contribution in [0, 0.1) is 0 Å². The largest absolute Gasteiger partial charge is 0.401 e. The van der Waals surface area contributed by atoms with Crippen LogP contribution in [0.3, 0.4) is 0 Å². The van der Waals surface area contributed by atoms with Crippen LogP contribution in [0.1, 0.15) is 58.8 Å². The van der Waals surface area contributed by atoms with Gasteiger partial charge in [-0.25, -0.2) is 0 Å². The van der Waals surface area contributed by atoms with Crippen LogP contribution in [0.15, 0.2) is 17.0 Å². The van der Waals surface area contributed by atoms with E-state index in [1.54, 1.807) is 0 Å². The Bertz CT molecular complexity index is 199. The summed E-state index contributed by atoms with van der Waals surface area (Å²) in [6.45, 7) is 8.84. The summed E-state index contributed by atoms with van der Waals surface area (Å²) in [6.07, 6.45) is 10.3. The third kappa shape index (κ3) is 8.33. The second kappa shape index (κ2) is 10.5. The minimum Gasteiger partial charge on any atom is -0.401 e. The number of allylic oxidation sites excluding steroid dienone is 1. The van der Waals surface area contributed by atoms with Crippen LogP contribution in [0.4, 0.5) is 0 Å². The van der Waals surface area contributed by atoms with Crippen LogP contribution in [-0.2, 0) is 0 Å². The fourth-order valence-corrected chi connectivity index (χ4v) is 1.60. The highest BCUT2D eigenvalue weighted by Crippen LogP contribution is 2.06. The Kier molecular flexibility index (Phi) is 9.87. The molecule has 0 amide bonds. The van der Waals surface area contributed by atoms with Crippen molar-refractivity contribution >= 4 is 6.72 Å². The second-order valence-electron chi connectivity index (χ2n) is 4.17. The number of rotatable bonds is 10. The fourth-order valence-electron chi connectivity index (χ4n) is 1.60. The van der Waals surface area contributed by atoms with E-state index >= 15 is 0 Å². The minimum absolute atomic E-state index is 0.892. The summed E-state index contributed by atoms with van der Waals surface area (Å²) in [5.74, 6) is 0. The van der Waals surface area contributed by atoms with Crippen molar-refractivity contribution in [1.29, 1.82) is 0 Å². The summed E-state index contributed by atoms with van der Waals surface area (Å²) in [4.78, 5) is 0.